The van der Waals surface area contributed by atoms with Gasteiger partial charge < -0.3 is 0 Å². The van der Waals surface area contributed by atoms with Crippen LogP contribution in [0.3, 0.4) is 0 Å². The van der Waals surface area contributed by atoms with E-state index in [9.17, 15) is 4.21 Å². The fraction of sp³-hybridized carbons (Fsp3) is 1.00. The van der Waals surface area contributed by atoms with Crippen molar-refractivity contribution in [2.45, 2.75) is 50.8 Å². The Morgan fingerprint density at radius 2 is 1.91 bits per heavy atom. The highest BCUT2D eigenvalue weighted by molar-refractivity contribution is 7.84. The van der Waals surface area contributed by atoms with Gasteiger partial charge in [-0.2, -0.15) is 0 Å². The van der Waals surface area contributed by atoms with Gasteiger partial charge in [-0.15, -0.1) is 0 Å². The molecule has 2 nitrogen and oxygen atoms in total. The number of hydrogen-bond acceptors (Lipinski definition) is 1. The lowest BCUT2D eigenvalue weighted by Crippen LogP contribution is -2.42. The highest BCUT2D eigenvalue weighted by atomic mass is 32.2. The van der Waals surface area contributed by atoms with Gasteiger partial charge in [-0.25, -0.2) is 8.93 Å². The smallest absolute Gasteiger partial charge is 0.0972 e. The average Bonchev–Trinajstić information content (AvgIpc) is 1.75. The molecule has 0 heterocycles. The van der Waals surface area contributed by atoms with E-state index in [1.165, 1.54) is 19.3 Å². The molecule has 11 heavy (non-hydrogen) atoms. The Morgan fingerprint density at radius 3 is 2.18 bits per heavy atom. The van der Waals surface area contributed by atoms with Crippen molar-refractivity contribution in [1.82, 2.24) is 4.72 Å². The third-order valence-corrected chi connectivity index (χ3v) is 3.59. The summed E-state index contributed by atoms with van der Waals surface area (Å²) >= 11 is 0. The molecule has 1 fully saturated rings. The van der Waals surface area contributed by atoms with Gasteiger partial charge in [0.15, 0.2) is 0 Å². The summed E-state index contributed by atoms with van der Waals surface area (Å²) in [5.74, 6) is 0. The van der Waals surface area contributed by atoms with Crippen LogP contribution in [0.1, 0.15) is 40.0 Å². The Labute approximate surface area is 71.3 Å². The van der Waals surface area contributed by atoms with Crippen LogP contribution in [0.5, 0.6) is 0 Å². The molecule has 1 saturated carbocycles. The monoisotopic (exact) mass is 175 g/mol. The molecule has 0 aromatic carbocycles. The van der Waals surface area contributed by atoms with Gasteiger partial charge in [0.2, 0.25) is 0 Å². The Kier molecular flexibility index (Phi) is 2.70. The summed E-state index contributed by atoms with van der Waals surface area (Å²) in [6, 6.07) is 0.523. The van der Waals surface area contributed by atoms with E-state index >= 15 is 0 Å². The molecular formula is C8H17NOS. The molecular weight excluding hydrogens is 158 g/mol. The van der Waals surface area contributed by atoms with E-state index in [0.717, 1.165) is 0 Å². The Morgan fingerprint density at radius 1 is 1.36 bits per heavy atom. The molecule has 1 N–H and O–H groups in total. The predicted octanol–water partition coefficient (Wildman–Crippen LogP) is 1.59. The number of rotatable bonds is 2. The molecule has 0 radical (unpaired) electrons. The zero-order chi connectivity index (χ0) is 8.48. The first-order valence-electron chi connectivity index (χ1n) is 4.18. The zero-order valence-corrected chi connectivity index (χ0v) is 8.33. The molecule has 1 rings (SSSR count). The van der Waals surface area contributed by atoms with E-state index in [-0.39, 0.29) is 4.75 Å². The molecule has 0 bridgehead atoms. The van der Waals surface area contributed by atoms with Crippen LogP contribution in [0.4, 0.5) is 0 Å². The van der Waals surface area contributed by atoms with Gasteiger partial charge in [-0.1, -0.05) is 6.42 Å². The summed E-state index contributed by atoms with van der Waals surface area (Å²) in [6.07, 6.45) is 3.68. The minimum absolute atomic E-state index is 0.115. The molecule has 1 aliphatic rings. The van der Waals surface area contributed by atoms with Gasteiger partial charge in [0.05, 0.1) is 15.7 Å². The lowest BCUT2D eigenvalue weighted by molar-refractivity contribution is 0.388. The van der Waals surface area contributed by atoms with Crippen molar-refractivity contribution in [3.8, 4) is 0 Å². The zero-order valence-electron chi connectivity index (χ0n) is 7.52. The Hall–Kier alpha value is 0.110. The van der Waals surface area contributed by atoms with Crippen molar-refractivity contribution in [2.75, 3.05) is 0 Å². The molecule has 0 spiro atoms. The maximum atomic E-state index is 11.5. The van der Waals surface area contributed by atoms with E-state index < -0.39 is 11.0 Å². The maximum absolute atomic E-state index is 11.5. The van der Waals surface area contributed by atoms with Gasteiger partial charge in [-0.05, 0) is 33.6 Å². The minimum atomic E-state index is -0.866. The van der Waals surface area contributed by atoms with Crippen LogP contribution in [-0.2, 0) is 11.0 Å². The van der Waals surface area contributed by atoms with E-state index in [4.69, 9.17) is 0 Å². The largest absolute Gasteiger partial charge is 0.242 e. The first-order chi connectivity index (χ1) is 5.00. The normalized spacial score (nSPS) is 22.8. The molecule has 66 valence electrons. The van der Waals surface area contributed by atoms with Gasteiger partial charge in [0.1, 0.15) is 0 Å². The summed E-state index contributed by atoms with van der Waals surface area (Å²) in [4.78, 5) is 0. The summed E-state index contributed by atoms with van der Waals surface area (Å²) in [5.41, 5.74) is 0. The van der Waals surface area contributed by atoms with Crippen LogP contribution in [-0.4, -0.2) is 15.0 Å². The highest BCUT2D eigenvalue weighted by Gasteiger charge is 2.25. The molecule has 1 unspecified atom stereocenters. The Balaban J connectivity index is 2.30. The fourth-order valence-electron chi connectivity index (χ4n) is 0.854. The van der Waals surface area contributed by atoms with Gasteiger partial charge in [0.25, 0.3) is 0 Å². The van der Waals surface area contributed by atoms with Gasteiger partial charge in [0, 0.05) is 6.04 Å². The van der Waals surface area contributed by atoms with Crippen LogP contribution in [0, 0.1) is 0 Å². The second-order valence-electron chi connectivity index (χ2n) is 4.13. The van der Waals surface area contributed by atoms with E-state index in [1.807, 2.05) is 20.8 Å². The molecule has 0 aromatic heterocycles. The topological polar surface area (TPSA) is 29.1 Å². The van der Waals surface area contributed by atoms with E-state index in [2.05, 4.69) is 4.72 Å². The highest BCUT2D eigenvalue weighted by Crippen LogP contribution is 2.20. The fourth-order valence-corrected chi connectivity index (χ4v) is 1.75. The molecule has 0 aromatic rings. The second kappa shape index (κ2) is 3.23. The molecule has 0 amide bonds. The summed E-state index contributed by atoms with van der Waals surface area (Å²) in [6.45, 7) is 5.98. The minimum Gasteiger partial charge on any atom is -0.242 e. The number of nitrogens with one attached hydrogen (secondary N) is 1. The van der Waals surface area contributed by atoms with Gasteiger partial charge in [-0.3, -0.25) is 0 Å². The van der Waals surface area contributed by atoms with Crippen molar-refractivity contribution in [1.29, 1.82) is 0 Å². The van der Waals surface area contributed by atoms with Crippen molar-refractivity contribution in [3.05, 3.63) is 0 Å². The van der Waals surface area contributed by atoms with Crippen LogP contribution in [0.2, 0.25) is 0 Å². The predicted molar refractivity (Wildman–Crippen MR) is 48.7 cm³/mol. The third kappa shape index (κ3) is 2.56. The van der Waals surface area contributed by atoms with Crippen LogP contribution >= 0.6 is 0 Å². The third-order valence-electron chi connectivity index (χ3n) is 1.94. The van der Waals surface area contributed by atoms with Crippen molar-refractivity contribution >= 4 is 11.0 Å². The molecule has 0 saturated heterocycles. The van der Waals surface area contributed by atoms with Crippen molar-refractivity contribution in [2.24, 2.45) is 0 Å². The molecule has 1 aliphatic carbocycles. The standard InChI is InChI=1S/C8H17NOS/c1-8(2,3)11(10)9-7-5-4-6-7/h7,9H,4-6H2,1-3H3. The summed E-state index contributed by atoms with van der Waals surface area (Å²) in [5, 5.41) is 0. The molecule has 1 atom stereocenters. The first-order valence-corrected chi connectivity index (χ1v) is 5.33. The lowest BCUT2D eigenvalue weighted by atomic mass is 9.94. The van der Waals surface area contributed by atoms with Gasteiger partial charge >= 0.3 is 0 Å². The SMILES string of the molecule is CC(C)(C)S(=O)NC1CCC1. The van der Waals surface area contributed by atoms with Crippen molar-refractivity contribution in [3.63, 3.8) is 0 Å². The molecule has 3 heteroatoms. The number of hydrogen-bond donors (Lipinski definition) is 1. The molecule has 0 aliphatic heterocycles. The Bertz CT molecular complexity index is 158. The maximum Gasteiger partial charge on any atom is 0.0972 e. The summed E-state index contributed by atoms with van der Waals surface area (Å²) in [7, 11) is -0.866. The van der Waals surface area contributed by atoms with Crippen LogP contribution in [0.15, 0.2) is 0 Å². The van der Waals surface area contributed by atoms with E-state index in [0.29, 0.717) is 6.04 Å². The lowest BCUT2D eigenvalue weighted by Gasteiger charge is -2.29. The summed E-state index contributed by atoms with van der Waals surface area (Å²) < 4.78 is 14.5. The van der Waals surface area contributed by atoms with Crippen molar-refractivity contribution < 1.29 is 4.21 Å². The quantitative estimate of drug-likeness (QED) is 0.678. The first kappa shape index (κ1) is 9.20. The van der Waals surface area contributed by atoms with Crippen LogP contribution < -0.4 is 4.72 Å². The average molecular weight is 175 g/mol. The van der Waals surface area contributed by atoms with E-state index in [1.54, 1.807) is 0 Å². The van der Waals surface area contributed by atoms with Crippen LogP contribution in [0.25, 0.3) is 0 Å². The second-order valence-corrected chi connectivity index (χ2v) is 6.12.